The summed E-state index contributed by atoms with van der Waals surface area (Å²) in [6, 6.07) is 0. The Kier molecular flexibility index (Phi) is 2.27. The van der Waals surface area contributed by atoms with E-state index in [0.717, 1.165) is 18.7 Å². The molecule has 0 aliphatic carbocycles. The highest BCUT2D eigenvalue weighted by atomic mass is 32.2. The highest BCUT2D eigenvalue weighted by Crippen LogP contribution is 2.08. The minimum Gasteiger partial charge on any atom is -0.287 e. The van der Waals surface area contributed by atoms with Gasteiger partial charge in [0, 0.05) is 24.5 Å². The zero-order valence-corrected chi connectivity index (χ0v) is 4.87. The van der Waals surface area contributed by atoms with E-state index in [2.05, 4.69) is 17.0 Å². The predicted molar refractivity (Wildman–Crippen MR) is 33.7 cm³/mol. The molecule has 0 atom stereocenters. The van der Waals surface area contributed by atoms with Gasteiger partial charge < -0.3 is 0 Å². The van der Waals surface area contributed by atoms with Crippen molar-refractivity contribution in [3.8, 4) is 0 Å². The topological polar surface area (TPSA) is 12.4 Å². The van der Waals surface area contributed by atoms with E-state index in [4.69, 9.17) is 0 Å². The molecule has 2 radical (unpaired) electrons. The van der Waals surface area contributed by atoms with E-state index >= 15 is 0 Å². The number of thioether (sulfide) groups is 1. The zero-order valence-electron chi connectivity index (χ0n) is 4.05. The summed E-state index contributed by atoms with van der Waals surface area (Å²) in [6.45, 7) is 0.946. The van der Waals surface area contributed by atoms with Crippen LogP contribution in [-0.4, -0.2) is 18.5 Å². The van der Waals surface area contributed by atoms with Crippen LogP contribution in [0.3, 0.4) is 0 Å². The Morgan fingerprint density at radius 2 is 2.71 bits per heavy atom. The summed E-state index contributed by atoms with van der Waals surface area (Å²) in [5.41, 5.74) is 0. The lowest BCUT2D eigenvalue weighted by molar-refractivity contribution is 1.16. The molecule has 38 valence electrons. The van der Waals surface area contributed by atoms with Gasteiger partial charge in [0.05, 0.1) is 6.21 Å². The van der Waals surface area contributed by atoms with Crippen molar-refractivity contribution in [2.75, 3.05) is 12.3 Å². The van der Waals surface area contributed by atoms with Crippen LogP contribution in [0.4, 0.5) is 0 Å². The van der Waals surface area contributed by atoms with Crippen LogP contribution in [0.15, 0.2) is 4.99 Å². The van der Waals surface area contributed by atoms with Crippen molar-refractivity contribution < 1.29 is 0 Å². The number of hydrogen-bond donors (Lipinski definition) is 0. The second-order valence-electron chi connectivity index (χ2n) is 1.28. The van der Waals surface area contributed by atoms with Gasteiger partial charge in [-0.05, 0) is 0 Å². The zero-order chi connectivity index (χ0) is 4.95. The second kappa shape index (κ2) is 3.08. The van der Waals surface area contributed by atoms with Gasteiger partial charge in [-0.15, -0.1) is 0 Å². The fraction of sp³-hybridized carbons (Fsp3) is 0.600. The van der Waals surface area contributed by atoms with E-state index in [1.54, 1.807) is 0 Å². The summed E-state index contributed by atoms with van der Waals surface area (Å²) in [5, 5.41) is 0. The minimum absolute atomic E-state index is 0.921. The van der Waals surface area contributed by atoms with Crippen LogP contribution in [-0.2, 0) is 0 Å². The van der Waals surface area contributed by atoms with Crippen LogP contribution in [0.25, 0.3) is 0 Å². The van der Waals surface area contributed by atoms with Crippen LogP contribution in [0.1, 0.15) is 6.42 Å². The maximum absolute atomic E-state index is 3.97. The summed E-state index contributed by atoms with van der Waals surface area (Å²) >= 11 is 1.83. The van der Waals surface area contributed by atoms with E-state index in [0.29, 0.717) is 0 Å². The Bertz CT molecular complexity index is 62.5. The molecule has 1 nitrogen and oxygen atoms in total. The van der Waals surface area contributed by atoms with Crippen molar-refractivity contribution in [2.24, 2.45) is 4.99 Å². The van der Waals surface area contributed by atoms with Gasteiger partial charge in [-0.2, -0.15) is 11.8 Å². The summed E-state index contributed by atoms with van der Waals surface area (Å²) in [6.07, 6.45) is 3.82. The molecule has 0 N–H and O–H groups in total. The Morgan fingerprint density at radius 3 is 3.71 bits per heavy atom. The van der Waals surface area contributed by atoms with E-state index in [-0.39, 0.29) is 0 Å². The van der Waals surface area contributed by atoms with Gasteiger partial charge in [0.2, 0.25) is 0 Å². The van der Waals surface area contributed by atoms with E-state index < -0.39 is 0 Å². The monoisotopic (exact) mass is 113 g/mol. The van der Waals surface area contributed by atoms with Crippen molar-refractivity contribution in [3.05, 3.63) is 5.75 Å². The van der Waals surface area contributed by atoms with E-state index in [1.165, 1.54) is 0 Å². The van der Waals surface area contributed by atoms with Gasteiger partial charge >= 0.3 is 0 Å². The predicted octanol–water partition coefficient (Wildman–Crippen LogP) is 1.23. The van der Waals surface area contributed by atoms with Gasteiger partial charge in [0.15, 0.2) is 0 Å². The average Bonchev–Trinajstić information content (AvgIpc) is 1.90. The molecule has 1 aliphatic heterocycles. The molecule has 0 saturated heterocycles. The molecule has 0 fully saturated rings. The maximum Gasteiger partial charge on any atom is 0.0570 e. The van der Waals surface area contributed by atoms with E-state index in [9.17, 15) is 0 Å². The Balaban J connectivity index is 2.20. The molecule has 0 aromatic carbocycles. The fourth-order valence-electron chi connectivity index (χ4n) is 0.421. The molecule has 0 spiro atoms. The molecule has 1 aliphatic rings. The molecule has 0 amide bonds. The third kappa shape index (κ3) is 1.97. The molecule has 0 unspecified atom stereocenters. The molecule has 1 heterocycles. The molecule has 7 heavy (non-hydrogen) atoms. The lowest BCUT2D eigenvalue weighted by Crippen LogP contribution is -1.78. The van der Waals surface area contributed by atoms with Crippen molar-refractivity contribution in [1.82, 2.24) is 0 Å². The van der Waals surface area contributed by atoms with Crippen LogP contribution in [0.5, 0.6) is 0 Å². The van der Waals surface area contributed by atoms with Crippen LogP contribution < -0.4 is 0 Å². The second-order valence-corrected chi connectivity index (χ2v) is 2.36. The Morgan fingerprint density at radius 1 is 1.71 bits per heavy atom. The highest BCUT2D eigenvalue weighted by molar-refractivity contribution is 8.01. The first-order valence-corrected chi connectivity index (χ1v) is 3.37. The van der Waals surface area contributed by atoms with Crippen molar-refractivity contribution in [2.45, 2.75) is 6.42 Å². The van der Waals surface area contributed by atoms with E-state index in [1.807, 2.05) is 11.8 Å². The molecule has 0 saturated carbocycles. The first kappa shape index (κ1) is 5.16. The molecule has 1 rings (SSSR count). The molecular formula is C5H7NS. The number of rotatable bonds is 0. The van der Waals surface area contributed by atoms with Crippen molar-refractivity contribution >= 4 is 18.0 Å². The van der Waals surface area contributed by atoms with Crippen molar-refractivity contribution in [3.63, 3.8) is 0 Å². The van der Waals surface area contributed by atoms with Crippen molar-refractivity contribution in [1.29, 1.82) is 0 Å². The molecule has 0 bridgehead atoms. The normalized spacial score (nSPS) is 21.7. The number of hydrogen-bond acceptors (Lipinski definition) is 2. The Hall–Kier alpha value is 0.0200. The van der Waals surface area contributed by atoms with Crippen LogP contribution >= 0.6 is 11.8 Å². The average molecular weight is 113 g/mol. The third-order valence-corrected chi connectivity index (χ3v) is 1.55. The van der Waals surface area contributed by atoms with Gasteiger partial charge in [0.25, 0.3) is 0 Å². The smallest absolute Gasteiger partial charge is 0.0570 e. The standard InChI is InChI=1S/C5H7NS/c1-2-6-3-5-7-4-1/h4H,1,3,5H2. The Labute approximate surface area is 48.2 Å². The summed E-state index contributed by atoms with van der Waals surface area (Å²) in [5.74, 6) is 3.27. The van der Waals surface area contributed by atoms with Crippen LogP contribution in [0, 0.1) is 5.75 Å². The first-order valence-electron chi connectivity index (χ1n) is 2.33. The first-order chi connectivity index (χ1) is 3.50. The lowest BCUT2D eigenvalue weighted by Gasteiger charge is -1.85. The number of aliphatic imine (C=N–C) groups is 1. The molecule has 0 aromatic heterocycles. The molecular weight excluding hydrogens is 106 g/mol. The van der Waals surface area contributed by atoms with Gasteiger partial charge in [-0.3, -0.25) is 4.99 Å². The lowest BCUT2D eigenvalue weighted by atomic mass is 10.5. The van der Waals surface area contributed by atoms with Crippen LogP contribution in [0.2, 0.25) is 0 Å². The summed E-state index contributed by atoms with van der Waals surface area (Å²) in [7, 11) is 0. The minimum atomic E-state index is 0.921. The SMILES string of the molecule is [C]1=NCCS[CH]C1. The fourth-order valence-corrected chi connectivity index (χ4v) is 0.977. The number of nitrogens with zero attached hydrogens (tertiary/aromatic N) is 1. The quantitative estimate of drug-likeness (QED) is 0.460. The molecule has 2 heteroatoms. The summed E-state index contributed by atoms with van der Waals surface area (Å²) < 4.78 is 0. The molecule has 0 aromatic rings. The van der Waals surface area contributed by atoms with Gasteiger partial charge in [-0.25, -0.2) is 0 Å². The summed E-state index contributed by atoms with van der Waals surface area (Å²) in [4.78, 5) is 3.97. The maximum atomic E-state index is 3.97. The third-order valence-electron chi connectivity index (χ3n) is 0.725. The largest absolute Gasteiger partial charge is 0.287 e. The van der Waals surface area contributed by atoms with Gasteiger partial charge in [-0.1, -0.05) is 0 Å². The highest BCUT2D eigenvalue weighted by Gasteiger charge is 1.90. The van der Waals surface area contributed by atoms with Gasteiger partial charge in [0.1, 0.15) is 0 Å².